The van der Waals surface area contributed by atoms with Crippen LogP contribution in [0.2, 0.25) is 10.0 Å². The molecule has 0 atom stereocenters. The molecule has 1 aromatic heterocycles. The minimum atomic E-state index is -0.425. The summed E-state index contributed by atoms with van der Waals surface area (Å²) >= 11 is 11.8. The van der Waals surface area contributed by atoms with Crippen LogP contribution in [0, 0.1) is 0 Å². The third-order valence-electron chi connectivity index (χ3n) is 2.99. The third kappa shape index (κ3) is 3.71. The van der Waals surface area contributed by atoms with Crippen molar-refractivity contribution in [3.63, 3.8) is 0 Å². The van der Waals surface area contributed by atoms with Crippen LogP contribution >= 0.6 is 23.2 Å². The van der Waals surface area contributed by atoms with Crippen LogP contribution in [-0.2, 0) is 11.3 Å². The van der Waals surface area contributed by atoms with Crippen LogP contribution in [0.3, 0.4) is 0 Å². The molecule has 1 aromatic carbocycles. The number of benzene rings is 1. The minimum Gasteiger partial charge on any atom is -0.456 e. The Balaban J connectivity index is 2.10. The van der Waals surface area contributed by atoms with E-state index >= 15 is 0 Å². The summed E-state index contributed by atoms with van der Waals surface area (Å²) in [6.07, 6.45) is 1.72. The molecule has 2 N–H and O–H groups in total. The van der Waals surface area contributed by atoms with Crippen LogP contribution in [0.5, 0.6) is 0 Å². The molecule has 0 fully saturated rings. The van der Waals surface area contributed by atoms with E-state index in [4.69, 9.17) is 33.7 Å². The second-order valence-electron chi connectivity index (χ2n) is 4.98. The highest BCUT2D eigenvalue weighted by Gasteiger charge is 2.16. The number of rotatable bonds is 4. The van der Waals surface area contributed by atoms with E-state index in [2.05, 4.69) is 0 Å². The van der Waals surface area contributed by atoms with Gasteiger partial charge in [0.05, 0.1) is 15.7 Å². The summed E-state index contributed by atoms with van der Waals surface area (Å²) in [6, 6.07) is 6.83. The predicted molar refractivity (Wildman–Crippen MR) is 84.8 cm³/mol. The van der Waals surface area contributed by atoms with Gasteiger partial charge in [-0.3, -0.25) is 0 Å². The Hall–Kier alpha value is -1.65. The Kier molecular flexibility index (Phi) is 4.80. The standard InChI is InChI=1S/C15H16Cl2N2O2/c1-9(2)19-7-11(18)6-14(19)15(20)21-8-10-3-4-12(16)13(17)5-10/h3-7,9H,8,18H2,1-2H3. The van der Waals surface area contributed by atoms with Crippen molar-refractivity contribution >= 4 is 34.9 Å². The summed E-state index contributed by atoms with van der Waals surface area (Å²) < 4.78 is 7.08. The van der Waals surface area contributed by atoms with Gasteiger partial charge in [0.25, 0.3) is 0 Å². The SMILES string of the molecule is CC(C)n1cc(N)cc1C(=O)OCc1ccc(Cl)c(Cl)c1. The number of hydrogen-bond acceptors (Lipinski definition) is 3. The van der Waals surface area contributed by atoms with E-state index in [0.29, 0.717) is 21.4 Å². The number of nitrogens with zero attached hydrogens (tertiary/aromatic N) is 1. The minimum absolute atomic E-state index is 0.120. The molecule has 21 heavy (non-hydrogen) atoms. The van der Waals surface area contributed by atoms with Gasteiger partial charge in [-0.1, -0.05) is 29.3 Å². The molecule has 0 saturated carbocycles. The highest BCUT2D eigenvalue weighted by atomic mass is 35.5. The van der Waals surface area contributed by atoms with Crippen molar-refractivity contribution in [3.8, 4) is 0 Å². The fraction of sp³-hybridized carbons (Fsp3) is 0.267. The van der Waals surface area contributed by atoms with Gasteiger partial charge in [-0.05, 0) is 37.6 Å². The highest BCUT2D eigenvalue weighted by Crippen LogP contribution is 2.23. The van der Waals surface area contributed by atoms with E-state index in [-0.39, 0.29) is 12.6 Å². The average Bonchev–Trinajstić information content (AvgIpc) is 2.82. The number of esters is 1. The van der Waals surface area contributed by atoms with Gasteiger partial charge in [0.1, 0.15) is 12.3 Å². The lowest BCUT2D eigenvalue weighted by Crippen LogP contribution is -2.13. The molecule has 2 rings (SSSR count). The molecular weight excluding hydrogens is 311 g/mol. The number of halogens is 2. The van der Waals surface area contributed by atoms with Crippen molar-refractivity contribution < 1.29 is 9.53 Å². The van der Waals surface area contributed by atoms with E-state index in [9.17, 15) is 4.79 Å². The molecule has 0 bridgehead atoms. The summed E-state index contributed by atoms with van der Waals surface area (Å²) in [4.78, 5) is 12.2. The summed E-state index contributed by atoms with van der Waals surface area (Å²) in [7, 11) is 0. The van der Waals surface area contributed by atoms with Crippen molar-refractivity contribution in [2.45, 2.75) is 26.5 Å². The summed E-state index contributed by atoms with van der Waals surface area (Å²) in [5, 5.41) is 0.896. The normalized spacial score (nSPS) is 10.9. The smallest absolute Gasteiger partial charge is 0.355 e. The lowest BCUT2D eigenvalue weighted by Gasteiger charge is -2.12. The van der Waals surface area contributed by atoms with Gasteiger partial charge in [0.2, 0.25) is 0 Å². The van der Waals surface area contributed by atoms with E-state index in [1.807, 2.05) is 13.8 Å². The quantitative estimate of drug-likeness (QED) is 0.851. The molecule has 6 heteroatoms. The highest BCUT2D eigenvalue weighted by molar-refractivity contribution is 6.42. The molecule has 0 saturated heterocycles. The second-order valence-corrected chi connectivity index (χ2v) is 5.80. The molecule has 1 heterocycles. The van der Waals surface area contributed by atoms with Crippen molar-refractivity contribution in [3.05, 3.63) is 51.8 Å². The Morgan fingerprint density at radius 3 is 2.62 bits per heavy atom. The predicted octanol–water partition coefficient (Wildman–Crippen LogP) is 4.32. The molecule has 0 unspecified atom stereocenters. The summed E-state index contributed by atoms with van der Waals surface area (Å²) in [6.45, 7) is 4.06. The molecule has 0 radical (unpaired) electrons. The number of nitrogens with two attached hydrogens (primary N) is 1. The Labute approximate surface area is 133 Å². The second kappa shape index (κ2) is 6.41. The maximum Gasteiger partial charge on any atom is 0.355 e. The summed E-state index contributed by atoms with van der Waals surface area (Å²) in [5.74, 6) is -0.425. The number of aromatic nitrogens is 1. The van der Waals surface area contributed by atoms with Crippen LogP contribution in [0.4, 0.5) is 5.69 Å². The molecule has 0 amide bonds. The first-order valence-corrected chi connectivity index (χ1v) is 7.22. The third-order valence-corrected chi connectivity index (χ3v) is 3.73. The molecule has 0 aliphatic rings. The maximum atomic E-state index is 12.2. The molecular formula is C15H16Cl2N2O2. The number of ether oxygens (including phenoxy) is 1. The number of nitrogen functional groups attached to an aromatic ring is 1. The molecule has 4 nitrogen and oxygen atoms in total. The van der Waals surface area contributed by atoms with Crippen molar-refractivity contribution in [1.82, 2.24) is 4.57 Å². The Morgan fingerprint density at radius 1 is 1.29 bits per heavy atom. The fourth-order valence-corrected chi connectivity index (χ4v) is 2.26. The maximum absolute atomic E-state index is 12.2. The fourth-order valence-electron chi connectivity index (χ4n) is 1.94. The van der Waals surface area contributed by atoms with Crippen LogP contribution in [-0.4, -0.2) is 10.5 Å². The van der Waals surface area contributed by atoms with Crippen LogP contribution < -0.4 is 5.73 Å². The van der Waals surface area contributed by atoms with E-state index in [0.717, 1.165) is 5.56 Å². The van der Waals surface area contributed by atoms with Crippen molar-refractivity contribution in [2.24, 2.45) is 0 Å². The Morgan fingerprint density at radius 2 is 2.00 bits per heavy atom. The summed E-state index contributed by atoms with van der Waals surface area (Å²) in [5.41, 5.74) is 7.48. The van der Waals surface area contributed by atoms with Gasteiger partial charge < -0.3 is 15.0 Å². The van der Waals surface area contributed by atoms with Crippen LogP contribution in [0.25, 0.3) is 0 Å². The van der Waals surface area contributed by atoms with Crippen molar-refractivity contribution in [1.29, 1.82) is 0 Å². The topological polar surface area (TPSA) is 57.2 Å². The van der Waals surface area contributed by atoms with Crippen LogP contribution in [0.1, 0.15) is 35.9 Å². The largest absolute Gasteiger partial charge is 0.456 e. The molecule has 0 aliphatic heterocycles. The Bertz CT molecular complexity index is 666. The number of carbonyl (C=O) groups is 1. The zero-order chi connectivity index (χ0) is 15.6. The zero-order valence-corrected chi connectivity index (χ0v) is 13.3. The molecule has 2 aromatic rings. The van der Waals surface area contributed by atoms with Gasteiger partial charge in [-0.25, -0.2) is 4.79 Å². The first kappa shape index (κ1) is 15.7. The van der Waals surface area contributed by atoms with Crippen LogP contribution in [0.15, 0.2) is 30.5 Å². The lowest BCUT2D eigenvalue weighted by molar-refractivity contribution is 0.0458. The first-order chi connectivity index (χ1) is 9.88. The average molecular weight is 327 g/mol. The number of hydrogen-bond donors (Lipinski definition) is 1. The zero-order valence-electron chi connectivity index (χ0n) is 11.8. The van der Waals surface area contributed by atoms with Gasteiger partial charge in [-0.2, -0.15) is 0 Å². The van der Waals surface area contributed by atoms with E-state index in [1.54, 1.807) is 35.0 Å². The van der Waals surface area contributed by atoms with Crippen molar-refractivity contribution in [2.75, 3.05) is 5.73 Å². The van der Waals surface area contributed by atoms with Gasteiger partial charge in [0, 0.05) is 12.2 Å². The van der Waals surface area contributed by atoms with Gasteiger partial charge >= 0.3 is 5.97 Å². The molecule has 0 spiro atoms. The van der Waals surface area contributed by atoms with E-state index < -0.39 is 5.97 Å². The monoisotopic (exact) mass is 326 g/mol. The number of anilines is 1. The number of carbonyl (C=O) groups excluding carboxylic acids is 1. The van der Waals surface area contributed by atoms with Gasteiger partial charge in [-0.15, -0.1) is 0 Å². The molecule has 112 valence electrons. The van der Waals surface area contributed by atoms with Gasteiger partial charge in [0.15, 0.2) is 0 Å². The van der Waals surface area contributed by atoms with E-state index in [1.165, 1.54) is 0 Å². The molecule has 0 aliphatic carbocycles. The lowest BCUT2D eigenvalue weighted by atomic mass is 10.2. The first-order valence-electron chi connectivity index (χ1n) is 6.47.